The number of alkyl halides is 1. The molecule has 2 nitrogen and oxygen atoms in total. The summed E-state index contributed by atoms with van der Waals surface area (Å²) in [6.45, 7) is 0. The lowest BCUT2D eigenvalue weighted by Gasteiger charge is -2.35. The van der Waals surface area contributed by atoms with Gasteiger partial charge in [0.1, 0.15) is 0 Å². The van der Waals surface area contributed by atoms with Gasteiger partial charge in [-0.3, -0.25) is 4.79 Å². The molecule has 19 heavy (non-hydrogen) atoms. The van der Waals surface area contributed by atoms with Gasteiger partial charge in [-0.25, -0.2) is 8.78 Å². The van der Waals surface area contributed by atoms with Crippen molar-refractivity contribution < 1.29 is 13.6 Å². The van der Waals surface area contributed by atoms with E-state index in [0.29, 0.717) is 0 Å². The third kappa shape index (κ3) is 3.06. The Kier molecular flexibility index (Phi) is 4.40. The SMILES string of the molecule is CN(C(=O)c1ccc(F)c(F)c1)C1CCCCC1Cl. The minimum atomic E-state index is -1.01. The van der Waals surface area contributed by atoms with Crippen molar-refractivity contribution in [1.82, 2.24) is 4.90 Å². The molecule has 0 aliphatic heterocycles. The quantitative estimate of drug-likeness (QED) is 0.761. The topological polar surface area (TPSA) is 20.3 Å². The van der Waals surface area contributed by atoms with Gasteiger partial charge in [0.2, 0.25) is 0 Å². The van der Waals surface area contributed by atoms with Crippen LogP contribution in [0.5, 0.6) is 0 Å². The highest BCUT2D eigenvalue weighted by molar-refractivity contribution is 6.21. The smallest absolute Gasteiger partial charge is 0.254 e. The molecule has 104 valence electrons. The van der Waals surface area contributed by atoms with Gasteiger partial charge in [0.15, 0.2) is 11.6 Å². The molecule has 0 N–H and O–H groups in total. The average Bonchev–Trinajstić information content (AvgIpc) is 2.41. The summed E-state index contributed by atoms with van der Waals surface area (Å²) in [4.78, 5) is 13.8. The summed E-state index contributed by atoms with van der Waals surface area (Å²) in [6.07, 6.45) is 3.82. The molecular formula is C14H16ClF2NO. The molecule has 0 heterocycles. The Bertz CT molecular complexity index is 481. The molecule has 0 aromatic heterocycles. The van der Waals surface area contributed by atoms with E-state index in [2.05, 4.69) is 0 Å². The highest BCUT2D eigenvalue weighted by atomic mass is 35.5. The number of halogens is 3. The van der Waals surface area contributed by atoms with Crippen LogP contribution in [-0.4, -0.2) is 29.3 Å². The van der Waals surface area contributed by atoms with Crippen LogP contribution >= 0.6 is 11.6 Å². The number of carbonyl (C=O) groups is 1. The monoisotopic (exact) mass is 287 g/mol. The molecule has 2 atom stereocenters. The molecule has 1 aliphatic rings. The van der Waals surface area contributed by atoms with Gasteiger partial charge in [0.25, 0.3) is 5.91 Å². The zero-order valence-electron chi connectivity index (χ0n) is 10.7. The van der Waals surface area contributed by atoms with E-state index in [9.17, 15) is 13.6 Å². The Morgan fingerprint density at radius 3 is 2.58 bits per heavy atom. The fourth-order valence-electron chi connectivity index (χ4n) is 2.49. The average molecular weight is 288 g/mol. The van der Waals surface area contributed by atoms with Gasteiger partial charge in [-0.1, -0.05) is 12.8 Å². The van der Waals surface area contributed by atoms with E-state index in [0.717, 1.165) is 37.8 Å². The molecule has 2 rings (SSSR count). The minimum Gasteiger partial charge on any atom is -0.337 e. The highest BCUT2D eigenvalue weighted by Gasteiger charge is 2.30. The molecule has 0 spiro atoms. The molecule has 0 bridgehead atoms. The normalized spacial score (nSPS) is 23.2. The molecular weight excluding hydrogens is 272 g/mol. The molecule has 1 aromatic rings. The Balaban J connectivity index is 2.15. The third-order valence-electron chi connectivity index (χ3n) is 3.63. The van der Waals surface area contributed by atoms with Crippen molar-refractivity contribution in [3.63, 3.8) is 0 Å². The van der Waals surface area contributed by atoms with Gasteiger partial charge in [0.05, 0.1) is 5.38 Å². The van der Waals surface area contributed by atoms with Crippen molar-refractivity contribution in [2.45, 2.75) is 37.1 Å². The van der Waals surface area contributed by atoms with Crippen molar-refractivity contribution in [3.8, 4) is 0 Å². The van der Waals surface area contributed by atoms with Crippen molar-refractivity contribution in [1.29, 1.82) is 0 Å². The number of carbonyl (C=O) groups excluding carboxylic acids is 1. The summed E-state index contributed by atoms with van der Waals surface area (Å²) in [5, 5.41) is -0.0759. The van der Waals surface area contributed by atoms with Crippen LogP contribution in [0.25, 0.3) is 0 Å². The summed E-state index contributed by atoms with van der Waals surface area (Å²) < 4.78 is 26.0. The lowest BCUT2D eigenvalue weighted by atomic mass is 9.93. The maximum Gasteiger partial charge on any atom is 0.254 e. The van der Waals surface area contributed by atoms with Crippen LogP contribution in [-0.2, 0) is 0 Å². The molecule has 1 amide bonds. The van der Waals surface area contributed by atoms with Gasteiger partial charge in [-0.15, -0.1) is 11.6 Å². The molecule has 0 saturated heterocycles. The number of hydrogen-bond acceptors (Lipinski definition) is 1. The van der Waals surface area contributed by atoms with Crippen molar-refractivity contribution in [3.05, 3.63) is 35.4 Å². The summed E-state index contributed by atoms with van der Waals surface area (Å²) in [6, 6.07) is 3.15. The fraction of sp³-hybridized carbons (Fsp3) is 0.500. The second kappa shape index (κ2) is 5.87. The first-order valence-electron chi connectivity index (χ1n) is 6.37. The maximum absolute atomic E-state index is 13.2. The van der Waals surface area contributed by atoms with Gasteiger partial charge in [0, 0.05) is 18.7 Å². The van der Waals surface area contributed by atoms with Gasteiger partial charge >= 0.3 is 0 Å². The minimum absolute atomic E-state index is 0.0453. The summed E-state index contributed by atoms with van der Waals surface area (Å²) in [7, 11) is 1.66. The second-order valence-electron chi connectivity index (χ2n) is 4.91. The third-order valence-corrected chi connectivity index (χ3v) is 4.14. The molecule has 5 heteroatoms. The number of hydrogen-bond donors (Lipinski definition) is 0. The zero-order chi connectivity index (χ0) is 14.0. The number of nitrogens with zero attached hydrogens (tertiary/aromatic N) is 1. The van der Waals surface area contributed by atoms with Gasteiger partial charge in [-0.05, 0) is 31.0 Å². The fourth-order valence-corrected chi connectivity index (χ4v) is 2.94. The predicted molar refractivity (Wildman–Crippen MR) is 70.3 cm³/mol. The van der Waals surface area contributed by atoms with Crippen LogP contribution in [0.4, 0.5) is 8.78 Å². The molecule has 1 aromatic carbocycles. The largest absolute Gasteiger partial charge is 0.337 e. The van der Waals surface area contributed by atoms with Crippen LogP contribution in [0.15, 0.2) is 18.2 Å². The summed E-state index contributed by atoms with van der Waals surface area (Å²) in [5.74, 6) is -2.28. The molecule has 1 fully saturated rings. The van der Waals surface area contributed by atoms with E-state index in [1.54, 1.807) is 11.9 Å². The van der Waals surface area contributed by atoms with Crippen LogP contribution in [0.1, 0.15) is 36.0 Å². The number of benzene rings is 1. The molecule has 1 aliphatic carbocycles. The van der Waals surface area contributed by atoms with Crippen molar-refractivity contribution in [2.24, 2.45) is 0 Å². The van der Waals surface area contributed by atoms with Gasteiger partial charge in [-0.2, -0.15) is 0 Å². The van der Waals surface area contributed by atoms with Crippen LogP contribution in [0.3, 0.4) is 0 Å². The molecule has 1 saturated carbocycles. The summed E-state index contributed by atoms with van der Waals surface area (Å²) >= 11 is 6.24. The highest BCUT2D eigenvalue weighted by Crippen LogP contribution is 2.27. The maximum atomic E-state index is 13.2. The van der Waals surface area contributed by atoms with E-state index in [1.165, 1.54) is 6.07 Å². The van der Waals surface area contributed by atoms with Crippen LogP contribution < -0.4 is 0 Å². The van der Waals surface area contributed by atoms with E-state index in [-0.39, 0.29) is 22.9 Å². The van der Waals surface area contributed by atoms with Crippen molar-refractivity contribution in [2.75, 3.05) is 7.05 Å². The Labute approximate surface area is 116 Å². The molecule has 0 radical (unpaired) electrons. The summed E-state index contributed by atoms with van der Waals surface area (Å²) in [5.41, 5.74) is 0.149. The van der Waals surface area contributed by atoms with E-state index < -0.39 is 11.6 Å². The first-order valence-corrected chi connectivity index (χ1v) is 6.80. The lowest BCUT2D eigenvalue weighted by Crippen LogP contribution is -2.44. The van der Waals surface area contributed by atoms with E-state index >= 15 is 0 Å². The van der Waals surface area contributed by atoms with E-state index in [1.807, 2.05) is 0 Å². The molecule has 2 unspecified atom stereocenters. The van der Waals surface area contributed by atoms with Gasteiger partial charge < -0.3 is 4.90 Å². The van der Waals surface area contributed by atoms with E-state index in [4.69, 9.17) is 11.6 Å². The second-order valence-corrected chi connectivity index (χ2v) is 5.47. The van der Waals surface area contributed by atoms with Crippen molar-refractivity contribution >= 4 is 17.5 Å². The number of amides is 1. The van der Waals surface area contributed by atoms with Crippen LogP contribution in [0.2, 0.25) is 0 Å². The lowest BCUT2D eigenvalue weighted by molar-refractivity contribution is 0.0699. The first kappa shape index (κ1) is 14.3. The Hall–Kier alpha value is -1.16. The Morgan fingerprint density at radius 1 is 1.26 bits per heavy atom. The standard InChI is InChI=1S/C14H16ClF2NO/c1-18(13-5-3-2-4-10(13)15)14(19)9-6-7-11(16)12(17)8-9/h6-8,10,13H,2-5H2,1H3. The van der Waals surface area contributed by atoms with Crippen LogP contribution in [0, 0.1) is 11.6 Å². The Morgan fingerprint density at radius 2 is 1.95 bits per heavy atom. The predicted octanol–water partition coefficient (Wildman–Crippen LogP) is 3.59. The first-order chi connectivity index (χ1) is 9.00. The zero-order valence-corrected chi connectivity index (χ0v) is 11.5. The number of rotatable bonds is 2.